The lowest BCUT2D eigenvalue weighted by Gasteiger charge is -1.89. The molecule has 10 heteroatoms. The van der Waals surface area contributed by atoms with E-state index in [0.717, 1.165) is 53.9 Å². The van der Waals surface area contributed by atoms with Crippen molar-refractivity contribution >= 4 is 111 Å². The topological polar surface area (TPSA) is 145 Å². The summed E-state index contributed by atoms with van der Waals surface area (Å²) in [5.74, 6) is 0. The maximum Gasteiger partial charge on any atom is 0.211 e. The maximum atomic E-state index is 6.12. The Morgan fingerprint density at radius 2 is 0.367 bits per heavy atom. The predicted molar refractivity (Wildman–Crippen MR) is 108 cm³/mol. The van der Waals surface area contributed by atoms with Gasteiger partial charge in [0.05, 0.1) is 53.9 Å². The fourth-order valence-corrected chi connectivity index (χ4v) is 5.94. The summed E-state index contributed by atoms with van der Waals surface area (Å²) < 4.78 is 30.6. The first-order valence-corrected chi connectivity index (χ1v) is 9.54. The average molecular weight is 395 g/mol. The molecule has 30 heavy (non-hydrogen) atoms. The molecule has 0 radical (unpaired) electrons. The molecule has 10 aromatic heterocycles. The summed E-state index contributed by atoms with van der Waals surface area (Å²) in [6, 6.07) is 0. The first kappa shape index (κ1) is 12.1. The highest BCUT2D eigenvalue weighted by Gasteiger charge is 2.33. The van der Waals surface area contributed by atoms with Gasteiger partial charge >= 0.3 is 0 Å². The average Bonchev–Trinajstić information content (AvgIpc) is 3.46. The Hall–Kier alpha value is -4.60. The first-order valence-electron chi connectivity index (χ1n) is 9.54. The van der Waals surface area contributed by atoms with Crippen molar-refractivity contribution < 1.29 is 22.1 Å². The van der Waals surface area contributed by atoms with Gasteiger partial charge in [0.1, 0.15) is 0 Å². The molecule has 10 nitrogen and oxygen atoms in total. The minimum Gasteiger partial charge on any atom is -0.423 e. The summed E-state index contributed by atoms with van der Waals surface area (Å²) in [7, 11) is 0. The van der Waals surface area contributed by atoms with E-state index in [9.17, 15) is 0 Å². The normalized spacial score (nSPS) is 14.7. The van der Waals surface area contributed by atoms with Gasteiger partial charge < -0.3 is 22.1 Å². The fourth-order valence-electron chi connectivity index (χ4n) is 5.94. The van der Waals surface area contributed by atoms with E-state index in [-0.39, 0.29) is 0 Å². The highest BCUT2D eigenvalue weighted by Crippen LogP contribution is 2.52. The molecule has 0 fully saturated rings. The van der Waals surface area contributed by atoms with E-state index >= 15 is 0 Å². The van der Waals surface area contributed by atoms with Crippen molar-refractivity contribution in [3.63, 3.8) is 0 Å². The van der Waals surface area contributed by atoms with Crippen LogP contribution in [0.15, 0.2) is 22.1 Å². The number of hydrogen-bond acceptors (Lipinski definition) is 5. The number of rotatable bonds is 0. The molecule has 11 aromatic rings. The van der Waals surface area contributed by atoms with E-state index in [1.54, 1.807) is 0 Å². The van der Waals surface area contributed by atoms with Gasteiger partial charge in [0.15, 0.2) is 0 Å². The second-order valence-corrected chi connectivity index (χ2v) is 8.18. The molecule has 1 aromatic carbocycles. The lowest BCUT2D eigenvalue weighted by Crippen LogP contribution is -1.67. The zero-order chi connectivity index (χ0) is 18.6. The van der Waals surface area contributed by atoms with Gasteiger partial charge in [0.2, 0.25) is 57.1 Å². The van der Waals surface area contributed by atoms with Crippen LogP contribution in [-0.2, 0) is 0 Å². The number of nitrogens with one attached hydrogen (secondary N) is 5. The minimum atomic E-state index is 0.663. The molecule has 0 saturated heterocycles. The van der Waals surface area contributed by atoms with Gasteiger partial charge in [-0.2, -0.15) is 0 Å². The molecule has 11 rings (SSSR count). The molecule has 0 spiro atoms. The van der Waals surface area contributed by atoms with Gasteiger partial charge in [-0.25, -0.2) is 0 Å². The summed E-state index contributed by atoms with van der Waals surface area (Å²) in [5.41, 5.74) is 6.63. The molecule has 0 saturated carbocycles. The SMILES string of the molecule is [nH]1c2oc3[nH]c4oc5[nH]c6oc7[nH]c8oc9[nH]c%10oc1c1c2c3c4c5c6c7c8c9c%101. The van der Waals surface area contributed by atoms with Gasteiger partial charge in [-0.3, -0.25) is 24.9 Å². The molecule has 10 heterocycles. The summed E-state index contributed by atoms with van der Waals surface area (Å²) in [5, 5.41) is 9.69. The van der Waals surface area contributed by atoms with Crippen LogP contribution in [0.2, 0.25) is 0 Å². The van der Waals surface area contributed by atoms with Crippen molar-refractivity contribution in [2.24, 2.45) is 0 Å². The number of aromatic nitrogens is 5. The van der Waals surface area contributed by atoms with Crippen molar-refractivity contribution in [3.8, 4) is 0 Å². The van der Waals surface area contributed by atoms with Crippen LogP contribution < -0.4 is 0 Å². The van der Waals surface area contributed by atoms with Gasteiger partial charge in [-0.05, 0) is 0 Å². The van der Waals surface area contributed by atoms with Gasteiger partial charge in [-0.15, -0.1) is 0 Å². The Bertz CT molecular complexity index is 1770. The molecule has 0 amide bonds. The minimum absolute atomic E-state index is 0.663. The Morgan fingerprint density at radius 1 is 0.233 bits per heavy atom. The Morgan fingerprint density at radius 3 is 0.500 bits per heavy atom. The third kappa shape index (κ3) is 0.882. The highest BCUT2D eigenvalue weighted by molar-refractivity contribution is 6.44. The Labute approximate surface area is 158 Å². The molecule has 0 unspecified atom stereocenters. The molecular weight excluding hydrogens is 390 g/mol. The van der Waals surface area contributed by atoms with Gasteiger partial charge in [0, 0.05) is 0 Å². The van der Waals surface area contributed by atoms with Gasteiger partial charge in [0.25, 0.3) is 0 Å². The van der Waals surface area contributed by atoms with E-state index in [1.165, 1.54) is 0 Å². The first-order chi connectivity index (χ1) is 14.8. The predicted octanol–water partition coefficient (Wildman–Crippen LogP) is 6.14. The monoisotopic (exact) mass is 395 g/mol. The Balaban J connectivity index is 1.76. The van der Waals surface area contributed by atoms with E-state index in [1.807, 2.05) is 0 Å². The van der Waals surface area contributed by atoms with Crippen molar-refractivity contribution in [1.29, 1.82) is 0 Å². The summed E-state index contributed by atoms with van der Waals surface area (Å²) in [4.78, 5) is 16.4. The third-order valence-electron chi connectivity index (χ3n) is 6.93. The lowest BCUT2D eigenvalue weighted by molar-refractivity contribution is 0.604. The standard InChI is InChI=1S/C20H5N5O5/c21-11-1-2-4-6-8-10-9-7-5-3(1)13(26-11)22-14(5)28-17(7)24-18(9)30-20(10)25-19(8)29-16(6)23-15(4)27-12(2)21/h21-25H. The van der Waals surface area contributed by atoms with Gasteiger partial charge in [-0.1, -0.05) is 0 Å². The molecule has 0 bridgehead atoms. The number of H-pyrrole nitrogens is 5. The molecular formula is C20H5N5O5. The highest BCUT2D eigenvalue weighted by atomic mass is 16.4. The summed E-state index contributed by atoms with van der Waals surface area (Å²) >= 11 is 0. The van der Waals surface area contributed by atoms with E-state index in [0.29, 0.717) is 57.1 Å². The third-order valence-corrected chi connectivity index (χ3v) is 6.93. The van der Waals surface area contributed by atoms with Crippen LogP contribution in [0.1, 0.15) is 0 Å². The largest absolute Gasteiger partial charge is 0.423 e. The zero-order valence-corrected chi connectivity index (χ0v) is 14.5. The van der Waals surface area contributed by atoms with E-state index in [2.05, 4.69) is 24.9 Å². The summed E-state index contributed by atoms with van der Waals surface area (Å²) in [6.45, 7) is 0. The smallest absolute Gasteiger partial charge is 0.211 e. The fraction of sp³-hybridized carbons (Fsp3) is 0. The van der Waals surface area contributed by atoms with Crippen LogP contribution in [0.5, 0.6) is 0 Å². The van der Waals surface area contributed by atoms with Crippen LogP contribution >= 0.6 is 0 Å². The van der Waals surface area contributed by atoms with E-state index < -0.39 is 0 Å². The second kappa shape index (κ2) is 3.12. The molecule has 0 aliphatic heterocycles. The Kier molecular flexibility index (Phi) is 1.26. The van der Waals surface area contributed by atoms with Crippen molar-refractivity contribution in [2.45, 2.75) is 0 Å². The quantitative estimate of drug-likeness (QED) is 0.209. The molecule has 140 valence electrons. The van der Waals surface area contributed by atoms with Crippen LogP contribution in [0.3, 0.4) is 0 Å². The maximum absolute atomic E-state index is 6.12. The number of furan rings is 5. The molecule has 0 atom stereocenters. The molecule has 0 aliphatic rings. The van der Waals surface area contributed by atoms with Crippen LogP contribution in [0.25, 0.3) is 111 Å². The lowest BCUT2D eigenvalue weighted by atomic mass is 10.0. The van der Waals surface area contributed by atoms with Crippen LogP contribution in [0.4, 0.5) is 0 Å². The van der Waals surface area contributed by atoms with Crippen molar-refractivity contribution in [3.05, 3.63) is 0 Å². The van der Waals surface area contributed by atoms with Crippen molar-refractivity contribution in [1.82, 2.24) is 24.9 Å². The zero-order valence-electron chi connectivity index (χ0n) is 14.5. The summed E-state index contributed by atoms with van der Waals surface area (Å²) in [6.07, 6.45) is 0. The van der Waals surface area contributed by atoms with E-state index in [4.69, 9.17) is 22.1 Å². The van der Waals surface area contributed by atoms with Crippen LogP contribution in [-0.4, -0.2) is 24.9 Å². The van der Waals surface area contributed by atoms with Crippen molar-refractivity contribution in [2.75, 3.05) is 0 Å². The molecule has 0 aliphatic carbocycles. The molecule has 5 N–H and O–H groups in total. The number of aromatic amines is 5. The second-order valence-electron chi connectivity index (χ2n) is 8.18. The van der Waals surface area contributed by atoms with Crippen LogP contribution in [0, 0.1) is 0 Å². The number of hydrogen-bond donors (Lipinski definition) is 5.